The van der Waals surface area contributed by atoms with Crippen molar-refractivity contribution in [2.45, 2.75) is 19.8 Å². The van der Waals surface area contributed by atoms with Gasteiger partial charge in [0.05, 0.1) is 6.54 Å². The Morgan fingerprint density at radius 1 is 1.25 bits per heavy atom. The second-order valence-electron chi connectivity index (χ2n) is 4.87. The zero-order valence-corrected chi connectivity index (χ0v) is 13.1. The van der Waals surface area contributed by atoms with E-state index in [1.165, 1.54) is 15.9 Å². The van der Waals surface area contributed by atoms with Crippen molar-refractivity contribution in [3.63, 3.8) is 0 Å². The number of rotatable bonds is 5. The van der Waals surface area contributed by atoms with Gasteiger partial charge in [-0.1, -0.05) is 24.9 Å². The van der Waals surface area contributed by atoms with Crippen molar-refractivity contribution in [2.24, 2.45) is 0 Å². The van der Waals surface area contributed by atoms with Crippen LogP contribution in [0.5, 0.6) is 0 Å². The van der Waals surface area contributed by atoms with Crippen LogP contribution in [0, 0.1) is 0 Å². The first kappa shape index (κ1) is 16.4. The number of carbonyl (C=O) groups is 2. The van der Waals surface area contributed by atoms with Crippen molar-refractivity contribution < 1.29 is 9.59 Å². The summed E-state index contributed by atoms with van der Waals surface area (Å²) in [6.07, 6.45) is 1.69. The van der Waals surface area contributed by atoms with E-state index < -0.39 is 0 Å². The number of hydrogen-bond acceptors (Lipinski definition) is 3. The van der Waals surface area contributed by atoms with Gasteiger partial charge >= 0.3 is 0 Å². The molecule has 1 heterocycles. The Kier molecular flexibility index (Phi) is 5.95. The summed E-state index contributed by atoms with van der Waals surface area (Å²) in [7, 11) is 4.91. The predicted octanol–water partition coefficient (Wildman–Crippen LogP) is 1.85. The largest absolute Gasteiger partial charge is 0.347 e. The highest BCUT2D eigenvalue weighted by Gasteiger charge is 2.17. The van der Waals surface area contributed by atoms with Gasteiger partial charge in [0.15, 0.2) is 0 Å². The van der Waals surface area contributed by atoms with Gasteiger partial charge in [-0.15, -0.1) is 0 Å². The van der Waals surface area contributed by atoms with E-state index in [2.05, 4.69) is 4.98 Å². The maximum Gasteiger partial charge on any atom is 0.254 e. The lowest BCUT2D eigenvalue weighted by molar-refractivity contribution is -0.129. The fourth-order valence-corrected chi connectivity index (χ4v) is 1.92. The van der Waals surface area contributed by atoms with Gasteiger partial charge in [-0.3, -0.25) is 9.59 Å². The number of pyridine rings is 1. The zero-order chi connectivity index (χ0) is 15.3. The smallest absolute Gasteiger partial charge is 0.254 e. The first-order valence-electron chi connectivity index (χ1n) is 6.47. The van der Waals surface area contributed by atoms with E-state index in [-0.39, 0.29) is 18.4 Å². The van der Waals surface area contributed by atoms with Gasteiger partial charge in [0.25, 0.3) is 5.91 Å². The molecule has 0 saturated carbocycles. The second kappa shape index (κ2) is 7.24. The standard InChI is InChI=1S/C14H20ClN3O2/c1-5-6-11-7-10(8-12(15)16-11)14(20)18(4)9-13(19)17(2)3/h7-8H,5-6,9H2,1-4H3. The third-order valence-electron chi connectivity index (χ3n) is 2.82. The van der Waals surface area contributed by atoms with Crippen molar-refractivity contribution in [3.05, 3.63) is 28.5 Å². The normalized spacial score (nSPS) is 10.2. The first-order chi connectivity index (χ1) is 9.35. The molecule has 0 unspecified atom stereocenters. The van der Waals surface area contributed by atoms with Gasteiger partial charge in [0, 0.05) is 32.4 Å². The van der Waals surface area contributed by atoms with Gasteiger partial charge in [0.2, 0.25) is 5.91 Å². The molecule has 1 rings (SSSR count). The maximum atomic E-state index is 12.3. The predicted molar refractivity (Wildman–Crippen MR) is 78.9 cm³/mol. The highest BCUT2D eigenvalue weighted by Crippen LogP contribution is 2.14. The van der Waals surface area contributed by atoms with E-state index in [1.807, 2.05) is 6.92 Å². The minimum atomic E-state index is -0.234. The molecular weight excluding hydrogens is 278 g/mol. The Labute approximate surface area is 124 Å². The molecule has 110 valence electrons. The fraction of sp³-hybridized carbons (Fsp3) is 0.500. The van der Waals surface area contributed by atoms with Crippen LogP contribution in [0.25, 0.3) is 0 Å². The molecule has 5 nitrogen and oxygen atoms in total. The first-order valence-corrected chi connectivity index (χ1v) is 6.85. The summed E-state index contributed by atoms with van der Waals surface area (Å²) in [4.78, 5) is 30.9. The number of hydrogen-bond donors (Lipinski definition) is 0. The number of carbonyl (C=O) groups excluding carboxylic acids is 2. The maximum absolute atomic E-state index is 12.3. The molecule has 0 atom stereocenters. The van der Waals surface area contributed by atoms with Crippen LogP contribution in [0.3, 0.4) is 0 Å². The van der Waals surface area contributed by atoms with Crippen molar-refractivity contribution in [1.29, 1.82) is 0 Å². The number of likely N-dealkylation sites (N-methyl/N-ethyl adjacent to an activating group) is 2. The third-order valence-corrected chi connectivity index (χ3v) is 3.01. The van der Waals surface area contributed by atoms with Crippen LogP contribution in [0.2, 0.25) is 5.15 Å². The Balaban J connectivity index is 2.88. The van der Waals surface area contributed by atoms with E-state index in [4.69, 9.17) is 11.6 Å². The Hall–Kier alpha value is -1.62. The van der Waals surface area contributed by atoms with Crippen molar-refractivity contribution in [1.82, 2.24) is 14.8 Å². The molecular formula is C14H20ClN3O2. The Morgan fingerprint density at radius 3 is 2.45 bits per heavy atom. The summed E-state index contributed by atoms with van der Waals surface area (Å²) >= 11 is 5.93. The number of halogens is 1. The number of amides is 2. The lowest BCUT2D eigenvalue weighted by Gasteiger charge is -2.19. The molecule has 0 aliphatic rings. The molecule has 6 heteroatoms. The molecule has 0 aromatic carbocycles. The number of nitrogens with zero attached hydrogens (tertiary/aromatic N) is 3. The summed E-state index contributed by atoms with van der Waals surface area (Å²) in [5.74, 6) is -0.364. The van der Waals surface area contributed by atoms with Crippen LogP contribution >= 0.6 is 11.6 Å². The molecule has 1 aromatic heterocycles. The van der Waals surface area contributed by atoms with Crippen LogP contribution in [0.15, 0.2) is 12.1 Å². The molecule has 2 amide bonds. The highest BCUT2D eigenvalue weighted by molar-refractivity contribution is 6.29. The van der Waals surface area contributed by atoms with Crippen molar-refractivity contribution >= 4 is 23.4 Å². The summed E-state index contributed by atoms with van der Waals surface area (Å²) in [5, 5.41) is 0.298. The van der Waals surface area contributed by atoms with Crippen LogP contribution in [0.1, 0.15) is 29.4 Å². The summed E-state index contributed by atoms with van der Waals surface area (Å²) in [5.41, 5.74) is 1.25. The summed E-state index contributed by atoms with van der Waals surface area (Å²) in [6, 6.07) is 3.26. The summed E-state index contributed by atoms with van der Waals surface area (Å²) < 4.78 is 0. The molecule has 0 saturated heterocycles. The van der Waals surface area contributed by atoms with Gasteiger partial charge in [-0.05, 0) is 18.6 Å². The van der Waals surface area contributed by atoms with E-state index in [0.717, 1.165) is 18.5 Å². The average Bonchev–Trinajstić information content (AvgIpc) is 2.37. The molecule has 20 heavy (non-hydrogen) atoms. The topological polar surface area (TPSA) is 53.5 Å². The summed E-state index contributed by atoms with van der Waals surface area (Å²) in [6.45, 7) is 2.07. The van der Waals surface area contributed by atoms with Crippen molar-refractivity contribution in [2.75, 3.05) is 27.7 Å². The highest BCUT2D eigenvalue weighted by atomic mass is 35.5. The molecule has 0 aliphatic carbocycles. The molecule has 1 aromatic rings. The van der Waals surface area contributed by atoms with Gasteiger partial charge in [-0.2, -0.15) is 0 Å². The molecule has 0 aliphatic heterocycles. The lowest BCUT2D eigenvalue weighted by Crippen LogP contribution is -2.37. The number of aromatic nitrogens is 1. The van der Waals surface area contributed by atoms with Crippen LogP contribution in [-0.2, 0) is 11.2 Å². The van der Waals surface area contributed by atoms with Crippen LogP contribution in [-0.4, -0.2) is 54.3 Å². The molecule has 0 spiro atoms. The number of aryl methyl sites for hydroxylation is 1. The van der Waals surface area contributed by atoms with Gasteiger partial charge < -0.3 is 9.80 Å². The van der Waals surface area contributed by atoms with Crippen molar-refractivity contribution in [3.8, 4) is 0 Å². The third kappa shape index (κ3) is 4.49. The SMILES string of the molecule is CCCc1cc(C(=O)N(C)CC(=O)N(C)C)cc(Cl)n1. The Bertz CT molecular complexity index is 503. The minimum absolute atomic E-state index is 0.0366. The quantitative estimate of drug-likeness (QED) is 0.779. The van der Waals surface area contributed by atoms with Crippen LogP contribution in [0.4, 0.5) is 0 Å². The fourth-order valence-electron chi connectivity index (χ4n) is 1.70. The molecule has 0 bridgehead atoms. The average molecular weight is 298 g/mol. The molecule has 0 N–H and O–H groups in total. The second-order valence-corrected chi connectivity index (χ2v) is 5.26. The molecule has 0 radical (unpaired) electrons. The van der Waals surface area contributed by atoms with E-state index in [0.29, 0.717) is 10.7 Å². The Morgan fingerprint density at radius 2 is 1.90 bits per heavy atom. The van der Waals surface area contributed by atoms with Gasteiger partial charge in [0.1, 0.15) is 5.15 Å². The lowest BCUT2D eigenvalue weighted by atomic mass is 10.1. The minimum Gasteiger partial charge on any atom is -0.347 e. The molecule has 0 fully saturated rings. The van der Waals surface area contributed by atoms with E-state index >= 15 is 0 Å². The van der Waals surface area contributed by atoms with E-state index in [1.54, 1.807) is 27.2 Å². The monoisotopic (exact) mass is 297 g/mol. The van der Waals surface area contributed by atoms with Gasteiger partial charge in [-0.25, -0.2) is 4.98 Å². The zero-order valence-electron chi connectivity index (χ0n) is 12.3. The van der Waals surface area contributed by atoms with E-state index in [9.17, 15) is 9.59 Å². The van der Waals surface area contributed by atoms with Crippen LogP contribution < -0.4 is 0 Å².